The van der Waals surface area contributed by atoms with Crippen LogP contribution in [-0.4, -0.2) is 36.0 Å². The molecule has 0 spiro atoms. The molecule has 2 heterocycles. The average Bonchev–Trinajstić information content (AvgIpc) is 2.98. The van der Waals surface area contributed by atoms with Crippen molar-refractivity contribution < 1.29 is 19.1 Å². The summed E-state index contributed by atoms with van der Waals surface area (Å²) >= 11 is 4.59. The molecule has 0 fully saturated rings. The quantitative estimate of drug-likeness (QED) is 0.743. The molecule has 1 aromatic heterocycles. The van der Waals surface area contributed by atoms with Gasteiger partial charge in [-0.15, -0.1) is 11.3 Å². The summed E-state index contributed by atoms with van der Waals surface area (Å²) in [5.74, 6) is -0.929. The van der Waals surface area contributed by atoms with E-state index in [1.54, 1.807) is 30.0 Å². The van der Waals surface area contributed by atoms with Crippen molar-refractivity contribution >= 4 is 50.2 Å². The molecule has 0 saturated carbocycles. The molecule has 0 saturated heterocycles. The molecule has 7 nitrogen and oxygen atoms in total. The second-order valence-electron chi connectivity index (χ2n) is 5.91. The van der Waals surface area contributed by atoms with Crippen LogP contribution in [0.25, 0.3) is 0 Å². The number of fused-ring (bicyclic) bond motifs is 1. The first kappa shape index (κ1) is 19.4. The van der Waals surface area contributed by atoms with Gasteiger partial charge in [0.2, 0.25) is 0 Å². The monoisotopic (exact) mass is 451 g/mol. The zero-order chi connectivity index (χ0) is 19.6. The molecule has 3 rings (SSSR count). The zero-order valence-corrected chi connectivity index (χ0v) is 17.0. The first-order chi connectivity index (χ1) is 12.9. The van der Waals surface area contributed by atoms with E-state index in [9.17, 15) is 14.4 Å². The Morgan fingerprint density at radius 3 is 2.81 bits per heavy atom. The first-order valence-corrected chi connectivity index (χ1v) is 9.94. The summed E-state index contributed by atoms with van der Waals surface area (Å²) < 4.78 is 5.82. The molecule has 0 unspecified atom stereocenters. The molecule has 2 aromatic rings. The Labute approximate surface area is 168 Å². The van der Waals surface area contributed by atoms with E-state index in [1.165, 1.54) is 11.3 Å². The number of nitrogens with two attached hydrogens (primary N) is 1. The van der Waals surface area contributed by atoms with Gasteiger partial charge in [-0.2, -0.15) is 0 Å². The maximum Gasteiger partial charge on any atom is 0.410 e. The fourth-order valence-corrected chi connectivity index (χ4v) is 4.59. The van der Waals surface area contributed by atoms with Gasteiger partial charge >= 0.3 is 6.09 Å². The van der Waals surface area contributed by atoms with Crippen LogP contribution in [0.1, 0.15) is 38.1 Å². The van der Waals surface area contributed by atoms with Gasteiger partial charge < -0.3 is 20.7 Å². The standard InChI is InChI=1S/C18H18BrN3O4S/c1-2-26-18(25)22-7-6-12-13(9-22)27-17(14(12)15(20)23)21-16(24)10-4-3-5-11(19)8-10/h3-5,8H,2,6-7,9H2,1H3,(H2,20,23)(H,21,24). The minimum atomic E-state index is -0.596. The number of nitrogens with one attached hydrogen (secondary N) is 1. The van der Waals surface area contributed by atoms with Crippen molar-refractivity contribution in [1.29, 1.82) is 0 Å². The van der Waals surface area contributed by atoms with Gasteiger partial charge in [-0.3, -0.25) is 9.59 Å². The molecule has 1 aliphatic rings. The van der Waals surface area contributed by atoms with Crippen LogP contribution in [0.4, 0.5) is 9.80 Å². The minimum absolute atomic E-state index is 0.299. The SMILES string of the molecule is CCOC(=O)N1CCc2c(sc(NC(=O)c3cccc(Br)c3)c2C(N)=O)C1. The van der Waals surface area contributed by atoms with Crippen molar-refractivity contribution in [2.75, 3.05) is 18.5 Å². The lowest BCUT2D eigenvalue weighted by Crippen LogP contribution is -2.36. The van der Waals surface area contributed by atoms with E-state index in [-0.39, 0.29) is 5.91 Å². The molecule has 27 heavy (non-hydrogen) atoms. The van der Waals surface area contributed by atoms with Crippen molar-refractivity contribution in [2.24, 2.45) is 5.73 Å². The lowest BCUT2D eigenvalue weighted by atomic mass is 10.0. The highest BCUT2D eigenvalue weighted by Gasteiger charge is 2.30. The molecular formula is C18H18BrN3O4S. The first-order valence-electron chi connectivity index (χ1n) is 8.33. The van der Waals surface area contributed by atoms with Gasteiger partial charge in [0, 0.05) is 21.5 Å². The maximum absolute atomic E-state index is 12.5. The predicted molar refractivity (Wildman–Crippen MR) is 106 cm³/mol. The molecule has 0 bridgehead atoms. The third-order valence-corrected chi connectivity index (χ3v) is 5.77. The van der Waals surface area contributed by atoms with Gasteiger partial charge in [-0.05, 0) is 37.1 Å². The number of thiophene rings is 1. The third-order valence-electron chi connectivity index (χ3n) is 4.14. The molecule has 1 aliphatic heterocycles. The highest BCUT2D eigenvalue weighted by molar-refractivity contribution is 9.10. The molecule has 3 amide bonds. The Hall–Kier alpha value is -2.39. The van der Waals surface area contributed by atoms with E-state index in [4.69, 9.17) is 10.5 Å². The Bertz CT molecular complexity index is 912. The number of amides is 3. The number of ether oxygens (including phenoxy) is 1. The Morgan fingerprint density at radius 2 is 2.15 bits per heavy atom. The summed E-state index contributed by atoms with van der Waals surface area (Å²) in [4.78, 5) is 38.9. The number of hydrogen-bond acceptors (Lipinski definition) is 5. The predicted octanol–water partition coefficient (Wildman–Crippen LogP) is 3.38. The third kappa shape index (κ3) is 4.14. The molecule has 0 aliphatic carbocycles. The van der Waals surface area contributed by atoms with Gasteiger partial charge in [-0.25, -0.2) is 4.79 Å². The highest BCUT2D eigenvalue weighted by atomic mass is 79.9. The van der Waals surface area contributed by atoms with Gasteiger partial charge in [-0.1, -0.05) is 22.0 Å². The van der Waals surface area contributed by atoms with E-state index in [2.05, 4.69) is 21.2 Å². The fraction of sp³-hybridized carbons (Fsp3) is 0.278. The van der Waals surface area contributed by atoms with Crippen LogP contribution >= 0.6 is 27.3 Å². The normalized spacial score (nSPS) is 13.0. The lowest BCUT2D eigenvalue weighted by Gasteiger charge is -2.26. The number of primary amides is 1. The minimum Gasteiger partial charge on any atom is -0.450 e. The molecule has 3 N–H and O–H groups in total. The molecule has 0 atom stereocenters. The molecule has 0 radical (unpaired) electrons. The van der Waals surface area contributed by atoms with Crippen LogP contribution in [0.3, 0.4) is 0 Å². The van der Waals surface area contributed by atoms with Gasteiger partial charge in [0.25, 0.3) is 11.8 Å². The summed E-state index contributed by atoms with van der Waals surface area (Å²) in [5, 5.41) is 3.19. The van der Waals surface area contributed by atoms with E-state index in [0.717, 1.165) is 14.9 Å². The van der Waals surface area contributed by atoms with Crippen LogP contribution in [0.2, 0.25) is 0 Å². The largest absolute Gasteiger partial charge is 0.450 e. The summed E-state index contributed by atoms with van der Waals surface area (Å²) in [6, 6.07) is 6.94. The van der Waals surface area contributed by atoms with Gasteiger partial charge in [0.05, 0.1) is 18.7 Å². The number of carbonyl (C=O) groups is 3. The van der Waals surface area contributed by atoms with Crippen molar-refractivity contribution in [1.82, 2.24) is 4.90 Å². The molecule has 142 valence electrons. The maximum atomic E-state index is 12.5. The second kappa shape index (κ2) is 8.10. The zero-order valence-electron chi connectivity index (χ0n) is 14.6. The van der Waals surface area contributed by atoms with E-state index in [1.807, 2.05) is 6.07 Å². The summed E-state index contributed by atoms with van der Waals surface area (Å²) in [7, 11) is 0. The molecule has 1 aromatic carbocycles. The summed E-state index contributed by atoms with van der Waals surface area (Å²) in [6.07, 6.45) is 0.0901. The van der Waals surface area contributed by atoms with Crippen LogP contribution in [0, 0.1) is 0 Å². The average molecular weight is 452 g/mol. The summed E-state index contributed by atoms with van der Waals surface area (Å²) in [6.45, 7) is 2.81. The van der Waals surface area contributed by atoms with E-state index < -0.39 is 12.0 Å². The number of nitrogens with zero attached hydrogens (tertiary/aromatic N) is 1. The van der Waals surface area contributed by atoms with Gasteiger partial charge in [0.1, 0.15) is 5.00 Å². The summed E-state index contributed by atoms with van der Waals surface area (Å²) in [5.41, 5.74) is 7.14. The van der Waals surface area contributed by atoms with E-state index >= 15 is 0 Å². The topological polar surface area (TPSA) is 102 Å². The van der Waals surface area contributed by atoms with Crippen LogP contribution < -0.4 is 11.1 Å². The number of hydrogen-bond donors (Lipinski definition) is 2. The number of benzene rings is 1. The number of rotatable bonds is 4. The smallest absolute Gasteiger partial charge is 0.410 e. The highest BCUT2D eigenvalue weighted by Crippen LogP contribution is 2.37. The van der Waals surface area contributed by atoms with Crippen molar-refractivity contribution in [3.63, 3.8) is 0 Å². The van der Waals surface area contributed by atoms with Gasteiger partial charge in [0.15, 0.2) is 0 Å². The molecular weight excluding hydrogens is 434 g/mol. The molecule has 9 heteroatoms. The van der Waals surface area contributed by atoms with E-state index in [0.29, 0.717) is 42.2 Å². The number of halogens is 1. The van der Waals surface area contributed by atoms with Crippen LogP contribution in [0.5, 0.6) is 0 Å². The Balaban J connectivity index is 1.88. The number of carbonyl (C=O) groups excluding carboxylic acids is 3. The van der Waals surface area contributed by atoms with Crippen molar-refractivity contribution in [3.8, 4) is 0 Å². The van der Waals surface area contributed by atoms with Crippen molar-refractivity contribution in [2.45, 2.75) is 19.9 Å². The second-order valence-corrected chi connectivity index (χ2v) is 7.93. The fourth-order valence-electron chi connectivity index (χ4n) is 2.93. The Morgan fingerprint density at radius 1 is 1.37 bits per heavy atom. The number of anilines is 1. The Kier molecular flexibility index (Phi) is 5.81. The van der Waals surface area contributed by atoms with Crippen LogP contribution in [0.15, 0.2) is 28.7 Å². The van der Waals surface area contributed by atoms with Crippen LogP contribution in [-0.2, 0) is 17.7 Å². The lowest BCUT2D eigenvalue weighted by molar-refractivity contribution is 0.0997. The van der Waals surface area contributed by atoms with Crippen molar-refractivity contribution in [3.05, 3.63) is 50.3 Å².